The standard InChI is InChI=1S/C21H30N2O4/c1-4-26-13-16-9-11-23(12-10-16)21(25)20-19(22(3)18(24)14-27-20)17-8-6-5-7-15(17)2/h5-8,16,19-20H,4,9-14H2,1-3H3/t19-,20+/m1/s1. The molecule has 2 fully saturated rings. The van der Waals surface area contributed by atoms with Crippen LogP contribution in [0.25, 0.3) is 0 Å². The van der Waals surface area contributed by atoms with Crippen molar-refractivity contribution in [1.29, 1.82) is 0 Å². The molecule has 2 aliphatic rings. The molecule has 0 aliphatic carbocycles. The topological polar surface area (TPSA) is 59.1 Å². The predicted octanol–water partition coefficient (Wildman–Crippen LogP) is 2.17. The van der Waals surface area contributed by atoms with Crippen molar-refractivity contribution >= 4 is 11.8 Å². The third-order valence-corrected chi connectivity index (χ3v) is 5.72. The van der Waals surface area contributed by atoms with Crippen molar-refractivity contribution in [3.05, 3.63) is 35.4 Å². The van der Waals surface area contributed by atoms with Crippen LogP contribution in [0.15, 0.2) is 24.3 Å². The van der Waals surface area contributed by atoms with Crippen LogP contribution in [-0.2, 0) is 19.1 Å². The first-order valence-electron chi connectivity index (χ1n) is 9.82. The molecule has 0 unspecified atom stereocenters. The van der Waals surface area contributed by atoms with Gasteiger partial charge in [0, 0.05) is 33.4 Å². The van der Waals surface area contributed by atoms with E-state index >= 15 is 0 Å². The van der Waals surface area contributed by atoms with Gasteiger partial charge < -0.3 is 19.3 Å². The molecule has 6 heteroatoms. The van der Waals surface area contributed by atoms with E-state index in [1.807, 2.05) is 43.0 Å². The Morgan fingerprint density at radius 3 is 2.63 bits per heavy atom. The first-order chi connectivity index (χ1) is 13.0. The lowest BCUT2D eigenvalue weighted by Crippen LogP contribution is -2.55. The van der Waals surface area contributed by atoms with Crippen LogP contribution in [0.4, 0.5) is 0 Å². The van der Waals surface area contributed by atoms with E-state index in [0.29, 0.717) is 19.0 Å². The quantitative estimate of drug-likeness (QED) is 0.793. The van der Waals surface area contributed by atoms with Gasteiger partial charge in [0.15, 0.2) is 6.10 Å². The molecule has 0 aromatic heterocycles. The number of morpholine rings is 1. The van der Waals surface area contributed by atoms with Crippen LogP contribution >= 0.6 is 0 Å². The number of ether oxygens (including phenoxy) is 2. The van der Waals surface area contributed by atoms with Crippen molar-refractivity contribution in [2.45, 2.75) is 38.8 Å². The fourth-order valence-corrected chi connectivity index (χ4v) is 3.99. The summed E-state index contributed by atoms with van der Waals surface area (Å²) in [7, 11) is 1.76. The van der Waals surface area contributed by atoms with Gasteiger partial charge in [-0.25, -0.2) is 0 Å². The molecule has 0 saturated carbocycles. The van der Waals surface area contributed by atoms with Gasteiger partial charge in [-0.05, 0) is 43.7 Å². The number of hydrogen-bond donors (Lipinski definition) is 0. The van der Waals surface area contributed by atoms with E-state index in [2.05, 4.69) is 0 Å². The average Bonchev–Trinajstić information content (AvgIpc) is 2.69. The summed E-state index contributed by atoms with van der Waals surface area (Å²) in [6, 6.07) is 7.50. The lowest BCUT2D eigenvalue weighted by Gasteiger charge is -2.42. The minimum atomic E-state index is -0.655. The first-order valence-corrected chi connectivity index (χ1v) is 9.82. The Morgan fingerprint density at radius 2 is 1.96 bits per heavy atom. The molecule has 0 bridgehead atoms. The highest BCUT2D eigenvalue weighted by atomic mass is 16.5. The lowest BCUT2D eigenvalue weighted by atomic mass is 9.92. The summed E-state index contributed by atoms with van der Waals surface area (Å²) >= 11 is 0. The molecule has 3 rings (SSSR count). The van der Waals surface area contributed by atoms with Crippen molar-refractivity contribution < 1.29 is 19.1 Å². The van der Waals surface area contributed by atoms with Gasteiger partial charge in [-0.1, -0.05) is 24.3 Å². The van der Waals surface area contributed by atoms with Crippen LogP contribution in [0, 0.1) is 12.8 Å². The normalized spacial score (nSPS) is 24.3. The van der Waals surface area contributed by atoms with Gasteiger partial charge in [-0.2, -0.15) is 0 Å². The SMILES string of the molecule is CCOCC1CCN(C(=O)[C@H]2OCC(=O)N(C)[C@@H]2c2ccccc2C)CC1. The number of carbonyl (C=O) groups excluding carboxylic acids is 2. The maximum Gasteiger partial charge on any atom is 0.254 e. The summed E-state index contributed by atoms with van der Waals surface area (Å²) in [6.45, 7) is 6.89. The van der Waals surface area contributed by atoms with Crippen molar-refractivity contribution in [2.24, 2.45) is 5.92 Å². The number of nitrogens with zero attached hydrogens (tertiary/aromatic N) is 2. The predicted molar refractivity (Wildman–Crippen MR) is 102 cm³/mol. The number of aryl methyl sites for hydroxylation is 1. The molecule has 2 amide bonds. The van der Waals surface area contributed by atoms with Gasteiger partial charge in [0.05, 0.1) is 6.04 Å². The van der Waals surface area contributed by atoms with Crippen LogP contribution in [0.5, 0.6) is 0 Å². The molecule has 1 aromatic rings. The number of hydrogen-bond acceptors (Lipinski definition) is 4. The molecule has 0 spiro atoms. The van der Waals surface area contributed by atoms with Crippen LogP contribution in [0.2, 0.25) is 0 Å². The molecule has 0 N–H and O–H groups in total. The maximum atomic E-state index is 13.3. The van der Waals surface area contributed by atoms with Crippen molar-refractivity contribution in [3.63, 3.8) is 0 Å². The number of likely N-dealkylation sites (tertiary alicyclic amines) is 1. The van der Waals surface area contributed by atoms with Gasteiger partial charge in [0.2, 0.25) is 5.91 Å². The molecule has 2 aliphatic heterocycles. The number of carbonyl (C=O) groups is 2. The Balaban J connectivity index is 1.74. The van der Waals surface area contributed by atoms with Gasteiger partial charge in [-0.3, -0.25) is 9.59 Å². The van der Waals surface area contributed by atoms with Crippen molar-refractivity contribution in [3.8, 4) is 0 Å². The van der Waals surface area contributed by atoms with Crippen LogP contribution in [0.1, 0.15) is 36.9 Å². The van der Waals surface area contributed by atoms with E-state index in [9.17, 15) is 9.59 Å². The van der Waals surface area contributed by atoms with Gasteiger partial charge in [-0.15, -0.1) is 0 Å². The van der Waals surface area contributed by atoms with Crippen LogP contribution in [-0.4, -0.2) is 67.7 Å². The third kappa shape index (κ3) is 4.33. The molecule has 2 atom stereocenters. The second kappa shape index (κ2) is 8.85. The van der Waals surface area contributed by atoms with E-state index in [1.54, 1.807) is 11.9 Å². The highest BCUT2D eigenvalue weighted by Gasteiger charge is 2.42. The van der Waals surface area contributed by atoms with E-state index in [1.165, 1.54) is 0 Å². The lowest BCUT2D eigenvalue weighted by molar-refractivity contribution is -0.168. The Hall–Kier alpha value is -1.92. The molecule has 2 saturated heterocycles. The fourth-order valence-electron chi connectivity index (χ4n) is 3.99. The van der Waals surface area contributed by atoms with Gasteiger partial charge in [0.25, 0.3) is 5.91 Å². The molecule has 27 heavy (non-hydrogen) atoms. The van der Waals surface area contributed by atoms with Crippen molar-refractivity contribution in [2.75, 3.05) is 40.0 Å². The molecular weight excluding hydrogens is 344 g/mol. The Bertz CT molecular complexity index is 670. The number of amides is 2. The molecule has 2 heterocycles. The first kappa shape index (κ1) is 19.8. The Morgan fingerprint density at radius 1 is 1.26 bits per heavy atom. The maximum absolute atomic E-state index is 13.3. The highest BCUT2D eigenvalue weighted by molar-refractivity contribution is 5.86. The summed E-state index contributed by atoms with van der Waals surface area (Å²) in [6.07, 6.45) is 1.24. The third-order valence-electron chi connectivity index (χ3n) is 5.72. The monoisotopic (exact) mass is 374 g/mol. The van der Waals surface area contributed by atoms with Crippen LogP contribution in [0.3, 0.4) is 0 Å². The summed E-state index contributed by atoms with van der Waals surface area (Å²) < 4.78 is 11.3. The smallest absolute Gasteiger partial charge is 0.254 e. The Kier molecular flexibility index (Phi) is 6.50. The van der Waals surface area contributed by atoms with E-state index in [0.717, 1.165) is 37.2 Å². The molecule has 1 aromatic carbocycles. The molecular formula is C21H30N2O4. The second-order valence-electron chi connectivity index (χ2n) is 7.47. The minimum Gasteiger partial charge on any atom is -0.381 e. The largest absolute Gasteiger partial charge is 0.381 e. The highest BCUT2D eigenvalue weighted by Crippen LogP contribution is 2.33. The van der Waals surface area contributed by atoms with Crippen LogP contribution < -0.4 is 0 Å². The average molecular weight is 374 g/mol. The number of likely N-dealkylation sites (N-methyl/N-ethyl adjacent to an activating group) is 1. The molecule has 6 nitrogen and oxygen atoms in total. The zero-order valence-electron chi connectivity index (χ0n) is 16.5. The second-order valence-corrected chi connectivity index (χ2v) is 7.47. The number of rotatable bonds is 5. The number of piperidine rings is 1. The summed E-state index contributed by atoms with van der Waals surface area (Å²) in [5.74, 6) is 0.401. The van der Waals surface area contributed by atoms with Gasteiger partial charge >= 0.3 is 0 Å². The minimum absolute atomic E-state index is 0.0162. The van der Waals surface area contributed by atoms with E-state index in [4.69, 9.17) is 9.47 Å². The van der Waals surface area contributed by atoms with Gasteiger partial charge in [0.1, 0.15) is 6.61 Å². The molecule has 0 radical (unpaired) electrons. The Labute approximate surface area is 161 Å². The van der Waals surface area contributed by atoms with E-state index in [-0.39, 0.29) is 24.5 Å². The van der Waals surface area contributed by atoms with E-state index < -0.39 is 6.10 Å². The molecule has 148 valence electrons. The van der Waals surface area contributed by atoms with Crippen molar-refractivity contribution in [1.82, 2.24) is 9.80 Å². The zero-order chi connectivity index (χ0) is 19.4. The summed E-state index contributed by atoms with van der Waals surface area (Å²) in [5, 5.41) is 0. The zero-order valence-corrected chi connectivity index (χ0v) is 16.5. The summed E-state index contributed by atoms with van der Waals surface area (Å²) in [4.78, 5) is 29.0. The summed E-state index contributed by atoms with van der Waals surface area (Å²) in [5.41, 5.74) is 2.03. The fraction of sp³-hybridized carbons (Fsp3) is 0.619. The number of benzene rings is 1.